The minimum atomic E-state index is -0.525. The Bertz CT molecular complexity index is 550. The van der Waals surface area contributed by atoms with Gasteiger partial charge in [0.15, 0.2) is 5.96 Å². The summed E-state index contributed by atoms with van der Waals surface area (Å²) in [7, 11) is 1.80. The molecule has 3 rings (SSSR count). The summed E-state index contributed by atoms with van der Waals surface area (Å²) in [5.74, 6) is 1.75. The molecule has 1 aromatic rings. The minimum Gasteiger partial charge on any atom is -0.388 e. The van der Waals surface area contributed by atoms with Crippen LogP contribution in [0.3, 0.4) is 0 Å². The Labute approximate surface area is 160 Å². The van der Waals surface area contributed by atoms with Gasteiger partial charge in [0.1, 0.15) is 5.76 Å². The third-order valence-electron chi connectivity index (χ3n) is 4.81. The highest BCUT2D eigenvalue weighted by molar-refractivity contribution is 14.0. The van der Waals surface area contributed by atoms with Crippen LogP contribution in [0.5, 0.6) is 0 Å². The van der Waals surface area contributed by atoms with Gasteiger partial charge in [0.05, 0.1) is 11.3 Å². The Morgan fingerprint density at radius 1 is 1.38 bits per heavy atom. The van der Waals surface area contributed by atoms with E-state index < -0.39 is 5.60 Å². The van der Waals surface area contributed by atoms with Gasteiger partial charge in [0, 0.05) is 52.4 Å². The molecule has 136 valence electrons. The first-order valence-electron chi connectivity index (χ1n) is 8.40. The van der Waals surface area contributed by atoms with Crippen LogP contribution in [-0.4, -0.2) is 71.4 Å². The number of aromatic nitrogens is 1. The Morgan fingerprint density at radius 2 is 2.08 bits per heavy atom. The van der Waals surface area contributed by atoms with E-state index in [0.717, 1.165) is 69.4 Å². The number of hydrogen-bond acceptors (Lipinski definition) is 5. The van der Waals surface area contributed by atoms with Crippen LogP contribution in [0.1, 0.15) is 30.7 Å². The van der Waals surface area contributed by atoms with Crippen LogP contribution in [0.25, 0.3) is 0 Å². The molecule has 1 aliphatic carbocycles. The van der Waals surface area contributed by atoms with E-state index in [4.69, 9.17) is 4.52 Å². The molecular formula is C16H28IN5O2. The van der Waals surface area contributed by atoms with Crippen molar-refractivity contribution in [1.82, 2.24) is 20.3 Å². The fourth-order valence-electron chi connectivity index (χ4n) is 3.18. The summed E-state index contributed by atoms with van der Waals surface area (Å²) in [6.07, 6.45) is 2.90. The predicted octanol–water partition coefficient (Wildman–Crippen LogP) is 1.21. The fraction of sp³-hybridized carbons (Fsp3) is 0.750. The molecule has 0 atom stereocenters. The molecule has 1 saturated carbocycles. The summed E-state index contributed by atoms with van der Waals surface area (Å²) >= 11 is 0. The first-order chi connectivity index (χ1) is 11.1. The second kappa shape index (κ2) is 8.48. The second-order valence-corrected chi connectivity index (χ2v) is 6.67. The van der Waals surface area contributed by atoms with E-state index in [9.17, 15) is 5.11 Å². The highest BCUT2D eigenvalue weighted by Gasteiger charge is 2.34. The molecule has 0 spiro atoms. The molecule has 8 heteroatoms. The molecule has 0 amide bonds. The minimum absolute atomic E-state index is 0. The summed E-state index contributed by atoms with van der Waals surface area (Å²) in [6, 6.07) is 1.99. The number of halogens is 1. The van der Waals surface area contributed by atoms with Crippen molar-refractivity contribution in [1.29, 1.82) is 0 Å². The normalized spacial score (nSPS) is 21.1. The van der Waals surface area contributed by atoms with E-state index in [-0.39, 0.29) is 24.0 Å². The van der Waals surface area contributed by atoms with Crippen molar-refractivity contribution in [2.75, 3.05) is 39.8 Å². The van der Waals surface area contributed by atoms with Crippen LogP contribution in [0.15, 0.2) is 15.6 Å². The number of aliphatic hydroxyl groups is 1. The van der Waals surface area contributed by atoms with Gasteiger partial charge in [-0.15, -0.1) is 24.0 Å². The smallest absolute Gasteiger partial charge is 0.193 e. The maximum atomic E-state index is 10.2. The van der Waals surface area contributed by atoms with Gasteiger partial charge >= 0.3 is 0 Å². The maximum absolute atomic E-state index is 10.2. The van der Waals surface area contributed by atoms with Crippen molar-refractivity contribution >= 4 is 29.9 Å². The van der Waals surface area contributed by atoms with E-state index in [1.165, 1.54) is 0 Å². The largest absolute Gasteiger partial charge is 0.388 e. The lowest BCUT2D eigenvalue weighted by Gasteiger charge is -2.40. The van der Waals surface area contributed by atoms with E-state index in [2.05, 4.69) is 25.3 Å². The lowest BCUT2D eigenvalue weighted by atomic mass is 9.80. The molecule has 1 aliphatic heterocycles. The molecule has 0 aromatic carbocycles. The molecule has 2 fully saturated rings. The first-order valence-corrected chi connectivity index (χ1v) is 8.40. The number of piperazine rings is 1. The quantitative estimate of drug-likeness (QED) is 0.409. The van der Waals surface area contributed by atoms with Gasteiger partial charge in [-0.05, 0) is 26.2 Å². The van der Waals surface area contributed by atoms with Gasteiger partial charge < -0.3 is 19.8 Å². The van der Waals surface area contributed by atoms with Crippen LogP contribution in [-0.2, 0) is 6.54 Å². The number of hydrogen-bond donors (Lipinski definition) is 2. The molecule has 7 nitrogen and oxygen atoms in total. The Morgan fingerprint density at radius 3 is 2.58 bits per heavy atom. The number of aryl methyl sites for hydroxylation is 1. The van der Waals surface area contributed by atoms with E-state index in [1.807, 2.05) is 13.0 Å². The summed E-state index contributed by atoms with van der Waals surface area (Å²) < 4.78 is 5.12. The molecule has 0 radical (unpaired) electrons. The molecule has 24 heavy (non-hydrogen) atoms. The monoisotopic (exact) mass is 449 g/mol. The van der Waals surface area contributed by atoms with Crippen LogP contribution in [0, 0.1) is 6.92 Å². The Balaban J connectivity index is 0.00000208. The van der Waals surface area contributed by atoms with Crippen molar-refractivity contribution in [3.8, 4) is 0 Å². The van der Waals surface area contributed by atoms with Crippen molar-refractivity contribution in [2.24, 2.45) is 4.99 Å². The highest BCUT2D eigenvalue weighted by atomic mass is 127. The third kappa shape index (κ3) is 4.82. The number of rotatable bonds is 4. The second-order valence-electron chi connectivity index (χ2n) is 6.67. The Hall–Kier alpha value is -0.870. The summed E-state index contributed by atoms with van der Waals surface area (Å²) in [5.41, 5.74) is 0.466. The molecule has 2 N–H and O–H groups in total. The molecule has 2 heterocycles. The van der Waals surface area contributed by atoms with Gasteiger partial charge in [0.2, 0.25) is 0 Å². The SMILES string of the molecule is CN=C(NCC1(O)CCC1)N1CCN(Cc2cc(C)on2)CC1.I. The van der Waals surface area contributed by atoms with Gasteiger partial charge in [-0.1, -0.05) is 5.16 Å². The zero-order valence-corrected chi connectivity index (χ0v) is 16.8. The molecule has 0 bridgehead atoms. The lowest BCUT2D eigenvalue weighted by molar-refractivity contribution is -0.0284. The standard InChI is InChI=1S/C16H27N5O2.HI/c1-13-10-14(19-23-13)11-20-6-8-21(9-7-20)15(17-2)18-12-16(22)4-3-5-16;/h10,22H,3-9,11-12H2,1-2H3,(H,17,18);1H. The van der Waals surface area contributed by atoms with Crippen molar-refractivity contribution < 1.29 is 9.63 Å². The van der Waals surface area contributed by atoms with Crippen LogP contribution < -0.4 is 5.32 Å². The van der Waals surface area contributed by atoms with Crippen LogP contribution in [0.2, 0.25) is 0 Å². The molecule has 1 aromatic heterocycles. The van der Waals surface area contributed by atoms with Crippen molar-refractivity contribution in [3.63, 3.8) is 0 Å². The summed E-state index contributed by atoms with van der Waals surface area (Å²) in [5, 5.41) is 17.6. The predicted molar refractivity (Wildman–Crippen MR) is 104 cm³/mol. The van der Waals surface area contributed by atoms with Crippen molar-refractivity contribution in [2.45, 2.75) is 38.3 Å². The van der Waals surface area contributed by atoms with Crippen LogP contribution >= 0.6 is 24.0 Å². The first kappa shape index (κ1) is 19.5. The number of guanidine groups is 1. The molecule has 0 unspecified atom stereocenters. The molecular weight excluding hydrogens is 421 g/mol. The fourth-order valence-corrected chi connectivity index (χ4v) is 3.18. The summed E-state index contributed by atoms with van der Waals surface area (Å²) in [4.78, 5) is 8.99. The Kier molecular flexibility index (Phi) is 6.88. The number of aliphatic imine (C=N–C) groups is 1. The topological polar surface area (TPSA) is 77.1 Å². The van der Waals surface area contributed by atoms with E-state index >= 15 is 0 Å². The van der Waals surface area contributed by atoms with Gasteiger partial charge in [-0.3, -0.25) is 9.89 Å². The maximum Gasteiger partial charge on any atom is 0.193 e. The lowest BCUT2D eigenvalue weighted by Crippen LogP contribution is -2.55. The van der Waals surface area contributed by atoms with Crippen LogP contribution in [0.4, 0.5) is 0 Å². The van der Waals surface area contributed by atoms with Gasteiger partial charge in [-0.25, -0.2) is 0 Å². The average molecular weight is 449 g/mol. The third-order valence-corrected chi connectivity index (χ3v) is 4.81. The number of nitrogens with zero attached hydrogens (tertiary/aromatic N) is 4. The number of nitrogens with one attached hydrogen (secondary N) is 1. The van der Waals surface area contributed by atoms with Gasteiger partial charge in [-0.2, -0.15) is 0 Å². The zero-order valence-electron chi connectivity index (χ0n) is 14.5. The average Bonchev–Trinajstić information content (AvgIpc) is 2.92. The van der Waals surface area contributed by atoms with E-state index in [0.29, 0.717) is 6.54 Å². The highest BCUT2D eigenvalue weighted by Crippen LogP contribution is 2.30. The van der Waals surface area contributed by atoms with E-state index in [1.54, 1.807) is 7.05 Å². The molecule has 2 aliphatic rings. The zero-order chi connectivity index (χ0) is 16.3. The molecule has 1 saturated heterocycles. The van der Waals surface area contributed by atoms with Gasteiger partial charge in [0.25, 0.3) is 0 Å². The summed E-state index contributed by atoms with van der Waals surface area (Å²) in [6.45, 7) is 7.13. The van der Waals surface area contributed by atoms with Crippen molar-refractivity contribution in [3.05, 3.63) is 17.5 Å².